The molecule has 1 atom stereocenters. The van der Waals surface area contributed by atoms with Crippen LogP contribution in [0.4, 0.5) is 0 Å². The Bertz CT molecular complexity index is 386. The van der Waals surface area contributed by atoms with E-state index in [9.17, 15) is 0 Å². The highest BCUT2D eigenvalue weighted by Gasteiger charge is 2.27. The first-order chi connectivity index (χ1) is 9.78. The molecule has 1 aromatic rings. The lowest BCUT2D eigenvalue weighted by Gasteiger charge is -2.26. The molecule has 1 N–H and O–H groups in total. The molecule has 5 nitrogen and oxygen atoms in total. The Morgan fingerprint density at radius 3 is 2.60 bits per heavy atom. The number of hydrogen-bond acceptors (Lipinski definition) is 5. The van der Waals surface area contributed by atoms with Crippen molar-refractivity contribution >= 4 is 0 Å². The van der Waals surface area contributed by atoms with E-state index in [4.69, 9.17) is 9.26 Å². The Labute approximate surface area is 121 Å². The first-order valence-electron chi connectivity index (χ1n) is 7.96. The largest absolute Gasteiger partial charge is 0.370 e. The van der Waals surface area contributed by atoms with Gasteiger partial charge in [-0.25, -0.2) is 0 Å². The molecular weight excluding hydrogens is 254 g/mol. The SMILES string of the molecule is CCNC1CCC(c2nc(C(CC)OCC)no2)CC1. The Balaban J connectivity index is 1.92. The number of nitrogens with zero attached hydrogens (tertiary/aromatic N) is 2. The Morgan fingerprint density at radius 1 is 1.25 bits per heavy atom. The summed E-state index contributed by atoms with van der Waals surface area (Å²) in [5, 5.41) is 7.63. The van der Waals surface area contributed by atoms with E-state index in [0.717, 1.165) is 31.7 Å². The number of rotatable bonds is 7. The number of nitrogens with one attached hydrogen (secondary N) is 1. The quantitative estimate of drug-likeness (QED) is 0.831. The summed E-state index contributed by atoms with van der Waals surface area (Å²) < 4.78 is 11.1. The van der Waals surface area contributed by atoms with Gasteiger partial charge in [-0.3, -0.25) is 0 Å². The normalized spacial score (nSPS) is 24.8. The predicted octanol–water partition coefficient (Wildman–Crippen LogP) is 3.19. The van der Waals surface area contributed by atoms with E-state index in [1.54, 1.807) is 0 Å². The minimum atomic E-state index is -0.0319. The summed E-state index contributed by atoms with van der Waals surface area (Å²) in [4.78, 5) is 4.57. The van der Waals surface area contributed by atoms with Crippen LogP contribution in [0.2, 0.25) is 0 Å². The molecule has 0 amide bonds. The zero-order chi connectivity index (χ0) is 14.4. The van der Waals surface area contributed by atoms with Gasteiger partial charge in [0.25, 0.3) is 0 Å². The van der Waals surface area contributed by atoms with Crippen LogP contribution in [0, 0.1) is 0 Å². The van der Waals surface area contributed by atoms with Crippen LogP contribution in [0.3, 0.4) is 0 Å². The van der Waals surface area contributed by atoms with Crippen LogP contribution in [-0.2, 0) is 4.74 Å². The second kappa shape index (κ2) is 7.74. The molecule has 1 heterocycles. The second-order valence-electron chi connectivity index (χ2n) is 5.45. The molecule has 0 bridgehead atoms. The van der Waals surface area contributed by atoms with E-state index >= 15 is 0 Å². The molecule has 0 aromatic carbocycles. The van der Waals surface area contributed by atoms with Crippen molar-refractivity contribution in [3.8, 4) is 0 Å². The van der Waals surface area contributed by atoms with Crippen molar-refractivity contribution in [2.45, 2.75) is 70.9 Å². The van der Waals surface area contributed by atoms with Gasteiger partial charge in [0.05, 0.1) is 0 Å². The van der Waals surface area contributed by atoms with Crippen molar-refractivity contribution in [1.82, 2.24) is 15.5 Å². The lowest BCUT2D eigenvalue weighted by Crippen LogP contribution is -2.32. The first kappa shape index (κ1) is 15.4. The van der Waals surface area contributed by atoms with E-state index in [2.05, 4.69) is 29.3 Å². The molecule has 114 valence electrons. The molecule has 0 spiro atoms. The Hall–Kier alpha value is -0.940. The van der Waals surface area contributed by atoms with E-state index in [-0.39, 0.29) is 6.10 Å². The monoisotopic (exact) mass is 281 g/mol. The van der Waals surface area contributed by atoms with Crippen LogP contribution < -0.4 is 5.32 Å². The predicted molar refractivity (Wildman–Crippen MR) is 77.6 cm³/mol. The maximum absolute atomic E-state index is 5.63. The first-order valence-corrected chi connectivity index (χ1v) is 7.96. The van der Waals surface area contributed by atoms with Gasteiger partial charge in [-0.1, -0.05) is 19.0 Å². The number of hydrogen-bond donors (Lipinski definition) is 1. The summed E-state index contributed by atoms with van der Waals surface area (Å²) in [5.41, 5.74) is 0. The summed E-state index contributed by atoms with van der Waals surface area (Å²) in [7, 11) is 0. The molecule has 0 aliphatic heterocycles. The summed E-state index contributed by atoms with van der Waals surface area (Å²) in [6.45, 7) is 7.96. The maximum atomic E-state index is 5.63. The van der Waals surface area contributed by atoms with Gasteiger partial charge in [-0.15, -0.1) is 0 Å². The average Bonchev–Trinajstić information content (AvgIpc) is 2.95. The number of ether oxygens (including phenoxy) is 1. The fourth-order valence-electron chi connectivity index (χ4n) is 2.95. The van der Waals surface area contributed by atoms with E-state index in [0.29, 0.717) is 24.4 Å². The van der Waals surface area contributed by atoms with Crippen LogP contribution in [0.5, 0.6) is 0 Å². The third-order valence-corrected chi connectivity index (χ3v) is 4.05. The standard InChI is InChI=1S/C15H27N3O2/c1-4-13(19-6-3)14-17-15(20-18-14)11-7-9-12(10-8-11)16-5-2/h11-13,16H,4-10H2,1-3H3. The van der Waals surface area contributed by atoms with E-state index < -0.39 is 0 Å². The van der Waals surface area contributed by atoms with Crippen molar-refractivity contribution in [3.63, 3.8) is 0 Å². The molecule has 1 aliphatic rings. The molecule has 2 rings (SSSR count). The molecule has 1 unspecified atom stereocenters. The molecule has 0 saturated heterocycles. The van der Waals surface area contributed by atoms with Crippen LogP contribution in [0.25, 0.3) is 0 Å². The highest BCUT2D eigenvalue weighted by molar-refractivity contribution is 4.99. The lowest BCUT2D eigenvalue weighted by molar-refractivity contribution is 0.0518. The van der Waals surface area contributed by atoms with E-state index in [1.165, 1.54) is 12.8 Å². The fourth-order valence-corrected chi connectivity index (χ4v) is 2.95. The molecular formula is C15H27N3O2. The van der Waals surface area contributed by atoms with Crippen molar-refractivity contribution in [1.29, 1.82) is 0 Å². The van der Waals surface area contributed by atoms with Crippen molar-refractivity contribution < 1.29 is 9.26 Å². The van der Waals surface area contributed by atoms with Gasteiger partial charge < -0.3 is 14.6 Å². The molecule has 1 fully saturated rings. The van der Waals surface area contributed by atoms with Crippen molar-refractivity contribution in [2.75, 3.05) is 13.2 Å². The smallest absolute Gasteiger partial charge is 0.229 e. The van der Waals surface area contributed by atoms with Gasteiger partial charge in [0.1, 0.15) is 6.10 Å². The van der Waals surface area contributed by atoms with Crippen LogP contribution in [0.15, 0.2) is 4.52 Å². The average molecular weight is 281 g/mol. The van der Waals surface area contributed by atoms with Crippen LogP contribution in [0.1, 0.15) is 76.6 Å². The lowest BCUT2D eigenvalue weighted by atomic mass is 9.86. The summed E-state index contributed by atoms with van der Waals surface area (Å²) in [6.07, 6.45) is 5.49. The van der Waals surface area contributed by atoms with Crippen LogP contribution in [-0.4, -0.2) is 29.3 Å². The highest BCUT2D eigenvalue weighted by Crippen LogP contribution is 2.32. The van der Waals surface area contributed by atoms with Gasteiger partial charge in [-0.2, -0.15) is 4.98 Å². The third kappa shape index (κ3) is 3.79. The minimum absolute atomic E-state index is 0.0319. The van der Waals surface area contributed by atoms with Crippen molar-refractivity contribution in [2.24, 2.45) is 0 Å². The van der Waals surface area contributed by atoms with Gasteiger partial charge in [0.2, 0.25) is 11.7 Å². The van der Waals surface area contributed by atoms with Gasteiger partial charge in [0.15, 0.2) is 0 Å². The molecule has 20 heavy (non-hydrogen) atoms. The zero-order valence-corrected chi connectivity index (χ0v) is 12.9. The Kier molecular flexibility index (Phi) is 5.98. The third-order valence-electron chi connectivity index (χ3n) is 4.05. The van der Waals surface area contributed by atoms with E-state index in [1.807, 2.05) is 6.92 Å². The van der Waals surface area contributed by atoms with Gasteiger partial charge >= 0.3 is 0 Å². The minimum Gasteiger partial charge on any atom is -0.370 e. The molecule has 5 heteroatoms. The maximum Gasteiger partial charge on any atom is 0.229 e. The topological polar surface area (TPSA) is 60.2 Å². The van der Waals surface area contributed by atoms with Crippen LogP contribution >= 0.6 is 0 Å². The molecule has 0 radical (unpaired) electrons. The summed E-state index contributed by atoms with van der Waals surface area (Å²) >= 11 is 0. The molecule has 1 saturated carbocycles. The summed E-state index contributed by atoms with van der Waals surface area (Å²) in [6, 6.07) is 0.658. The fraction of sp³-hybridized carbons (Fsp3) is 0.867. The number of aromatic nitrogens is 2. The summed E-state index contributed by atoms with van der Waals surface area (Å²) in [5.74, 6) is 1.93. The zero-order valence-electron chi connectivity index (χ0n) is 12.9. The molecule has 1 aliphatic carbocycles. The Morgan fingerprint density at radius 2 is 2.00 bits per heavy atom. The second-order valence-corrected chi connectivity index (χ2v) is 5.45. The molecule has 1 aromatic heterocycles. The highest BCUT2D eigenvalue weighted by atomic mass is 16.5. The van der Waals surface area contributed by atoms with Gasteiger partial charge in [0, 0.05) is 18.6 Å². The van der Waals surface area contributed by atoms with Crippen molar-refractivity contribution in [3.05, 3.63) is 11.7 Å². The van der Waals surface area contributed by atoms with Gasteiger partial charge in [-0.05, 0) is 45.6 Å².